The van der Waals surface area contributed by atoms with Crippen LogP contribution in [0.1, 0.15) is 19.3 Å². The summed E-state index contributed by atoms with van der Waals surface area (Å²) in [6, 6.07) is 11.7. The van der Waals surface area contributed by atoms with Crippen LogP contribution in [0.3, 0.4) is 0 Å². The number of hydrogen-bond acceptors (Lipinski definition) is 4. The maximum absolute atomic E-state index is 12.8. The van der Waals surface area contributed by atoms with Gasteiger partial charge in [-0.2, -0.15) is 0 Å². The Hall–Kier alpha value is -2.25. The monoisotopic (exact) mass is 398 g/mol. The molecule has 2 aliphatic heterocycles. The number of carbonyl (C=O) groups excluding carboxylic acids is 2. The van der Waals surface area contributed by atoms with Gasteiger partial charge in [0.05, 0.1) is 22.2 Å². The number of benzene rings is 1. The number of carbonyl (C=O) groups is 2. The fourth-order valence-corrected chi connectivity index (χ4v) is 4.74. The fraction of sp³-hybridized carbons (Fsp3) is 0.429. The van der Waals surface area contributed by atoms with Crippen molar-refractivity contribution in [3.63, 3.8) is 0 Å². The van der Waals surface area contributed by atoms with Gasteiger partial charge < -0.3 is 19.7 Å². The largest absolute Gasteiger partial charge is 0.353 e. The van der Waals surface area contributed by atoms with Crippen molar-refractivity contribution in [3.8, 4) is 5.69 Å². The van der Waals surface area contributed by atoms with Crippen molar-refractivity contribution in [2.24, 2.45) is 0 Å². The molecule has 148 valence electrons. The molecule has 0 radical (unpaired) electrons. The molecule has 1 saturated heterocycles. The summed E-state index contributed by atoms with van der Waals surface area (Å²) >= 11 is 1.50. The van der Waals surface area contributed by atoms with Crippen molar-refractivity contribution in [2.45, 2.75) is 24.3 Å². The number of likely N-dealkylation sites (tertiary alicyclic amines) is 1. The molecule has 1 N–H and O–H groups in total. The van der Waals surface area contributed by atoms with E-state index in [0.29, 0.717) is 12.3 Å². The van der Waals surface area contributed by atoms with Crippen LogP contribution in [0.5, 0.6) is 0 Å². The predicted octanol–water partition coefficient (Wildman–Crippen LogP) is 2.52. The van der Waals surface area contributed by atoms with Crippen molar-refractivity contribution in [1.29, 1.82) is 0 Å². The number of aromatic nitrogens is 1. The number of nitrogens with zero attached hydrogens (tertiary/aromatic N) is 3. The SMILES string of the molecule is O=C(CN1C(=O)CSc2cccn2-c2ccccc21)NCCN1CCCCC1. The van der Waals surface area contributed by atoms with Gasteiger partial charge in [0.1, 0.15) is 6.54 Å². The lowest BCUT2D eigenvalue weighted by atomic mass is 10.1. The van der Waals surface area contributed by atoms with Crippen LogP contribution in [-0.2, 0) is 9.59 Å². The van der Waals surface area contributed by atoms with Gasteiger partial charge in [-0.15, -0.1) is 0 Å². The lowest BCUT2D eigenvalue weighted by Gasteiger charge is -2.28. The minimum Gasteiger partial charge on any atom is -0.353 e. The first-order valence-corrected chi connectivity index (χ1v) is 10.9. The lowest BCUT2D eigenvalue weighted by molar-refractivity contribution is -0.122. The lowest BCUT2D eigenvalue weighted by Crippen LogP contribution is -2.44. The summed E-state index contributed by atoms with van der Waals surface area (Å²) in [6.07, 6.45) is 5.78. The maximum Gasteiger partial charge on any atom is 0.240 e. The molecule has 0 saturated carbocycles. The number of nitrogens with one attached hydrogen (secondary N) is 1. The zero-order valence-electron chi connectivity index (χ0n) is 16.0. The third kappa shape index (κ3) is 4.25. The van der Waals surface area contributed by atoms with Gasteiger partial charge in [-0.1, -0.05) is 30.3 Å². The molecule has 6 nitrogen and oxygen atoms in total. The second kappa shape index (κ2) is 8.84. The number of amides is 2. The van der Waals surface area contributed by atoms with Crippen LogP contribution in [0.2, 0.25) is 0 Å². The third-order valence-electron chi connectivity index (χ3n) is 5.29. The number of fused-ring (bicyclic) bond motifs is 3. The Labute approximate surface area is 169 Å². The highest BCUT2D eigenvalue weighted by atomic mass is 32.2. The minimum atomic E-state index is -0.113. The summed E-state index contributed by atoms with van der Waals surface area (Å²) in [5.74, 6) is 0.161. The van der Waals surface area contributed by atoms with E-state index in [9.17, 15) is 9.59 Å². The molecule has 0 aliphatic carbocycles. The van der Waals surface area contributed by atoms with Crippen molar-refractivity contribution >= 4 is 29.3 Å². The van der Waals surface area contributed by atoms with E-state index in [1.807, 2.05) is 42.6 Å². The molecule has 1 aromatic carbocycles. The number of thioether (sulfide) groups is 1. The highest BCUT2D eigenvalue weighted by molar-refractivity contribution is 7.99. The maximum atomic E-state index is 12.8. The van der Waals surface area contributed by atoms with Crippen LogP contribution in [0, 0.1) is 0 Å². The topological polar surface area (TPSA) is 57.6 Å². The average molecular weight is 399 g/mol. The molecule has 2 amide bonds. The van der Waals surface area contributed by atoms with Crippen LogP contribution in [0.4, 0.5) is 5.69 Å². The molecule has 0 unspecified atom stereocenters. The van der Waals surface area contributed by atoms with E-state index in [4.69, 9.17) is 0 Å². The number of rotatable bonds is 5. The van der Waals surface area contributed by atoms with Crippen molar-refractivity contribution in [3.05, 3.63) is 42.6 Å². The number of para-hydroxylation sites is 2. The van der Waals surface area contributed by atoms with Gasteiger partial charge in [-0.3, -0.25) is 9.59 Å². The van der Waals surface area contributed by atoms with E-state index >= 15 is 0 Å². The standard InChI is InChI=1S/C21H26N4O2S/c26-19(22-10-14-23-11-4-1-5-12-23)15-25-18-8-3-2-7-17(18)24-13-6-9-21(24)28-16-20(25)27/h2-3,6-9,13H,1,4-5,10-12,14-16H2,(H,22,26). The Balaban J connectivity index is 1.45. The summed E-state index contributed by atoms with van der Waals surface area (Å²) in [5, 5.41) is 4.02. The summed E-state index contributed by atoms with van der Waals surface area (Å²) in [7, 11) is 0. The van der Waals surface area contributed by atoms with E-state index < -0.39 is 0 Å². The number of hydrogen-bond donors (Lipinski definition) is 1. The van der Waals surface area contributed by atoms with Gasteiger partial charge in [-0.25, -0.2) is 0 Å². The molecule has 4 rings (SSSR count). The van der Waals surface area contributed by atoms with Crippen LogP contribution in [-0.4, -0.2) is 59.8 Å². The zero-order chi connectivity index (χ0) is 19.3. The molecule has 7 heteroatoms. The molecule has 28 heavy (non-hydrogen) atoms. The first kappa shape index (κ1) is 19.1. The van der Waals surface area contributed by atoms with Crippen LogP contribution in [0.25, 0.3) is 5.69 Å². The molecule has 2 aromatic rings. The van der Waals surface area contributed by atoms with Gasteiger partial charge in [0.2, 0.25) is 11.8 Å². The Morgan fingerprint density at radius 3 is 2.64 bits per heavy atom. The summed E-state index contributed by atoms with van der Waals surface area (Å²) < 4.78 is 2.08. The van der Waals surface area contributed by atoms with Crippen molar-refractivity contribution < 1.29 is 9.59 Å². The van der Waals surface area contributed by atoms with Crippen LogP contribution in [0.15, 0.2) is 47.6 Å². The minimum absolute atomic E-state index is 0.0453. The Kier molecular flexibility index (Phi) is 6.02. The number of piperidine rings is 1. The molecular formula is C21H26N4O2S. The van der Waals surface area contributed by atoms with Crippen molar-refractivity contribution in [1.82, 2.24) is 14.8 Å². The second-order valence-electron chi connectivity index (χ2n) is 7.23. The average Bonchev–Trinajstić information content (AvgIpc) is 3.18. The van der Waals surface area contributed by atoms with E-state index in [-0.39, 0.29) is 18.4 Å². The molecule has 3 heterocycles. The Bertz CT molecular complexity index is 844. The second-order valence-corrected chi connectivity index (χ2v) is 8.22. The smallest absolute Gasteiger partial charge is 0.240 e. The van der Waals surface area contributed by atoms with Gasteiger partial charge in [0.15, 0.2) is 0 Å². The van der Waals surface area contributed by atoms with Crippen LogP contribution >= 0.6 is 11.8 Å². The Morgan fingerprint density at radius 1 is 1.04 bits per heavy atom. The molecule has 0 spiro atoms. The normalized spacial score (nSPS) is 17.4. The van der Waals surface area contributed by atoms with Gasteiger partial charge >= 0.3 is 0 Å². The quantitative estimate of drug-likeness (QED) is 0.841. The van der Waals surface area contributed by atoms with Crippen LogP contribution < -0.4 is 10.2 Å². The van der Waals surface area contributed by atoms with Gasteiger partial charge in [0.25, 0.3) is 0 Å². The highest BCUT2D eigenvalue weighted by Crippen LogP contribution is 2.32. The van der Waals surface area contributed by atoms with E-state index in [0.717, 1.165) is 36.0 Å². The molecule has 1 fully saturated rings. The molecule has 1 aromatic heterocycles. The molecular weight excluding hydrogens is 372 g/mol. The van der Waals surface area contributed by atoms with Gasteiger partial charge in [0, 0.05) is 19.3 Å². The Morgan fingerprint density at radius 2 is 1.82 bits per heavy atom. The summed E-state index contributed by atoms with van der Waals surface area (Å²) in [4.78, 5) is 29.4. The third-order valence-corrected chi connectivity index (χ3v) is 6.31. The first-order chi connectivity index (χ1) is 13.7. The highest BCUT2D eigenvalue weighted by Gasteiger charge is 2.25. The summed E-state index contributed by atoms with van der Waals surface area (Å²) in [5.41, 5.74) is 1.69. The fourth-order valence-electron chi connectivity index (χ4n) is 3.84. The molecule has 0 atom stereocenters. The van der Waals surface area contributed by atoms with E-state index in [1.54, 1.807) is 4.90 Å². The van der Waals surface area contributed by atoms with Gasteiger partial charge in [-0.05, 0) is 50.2 Å². The summed E-state index contributed by atoms with van der Waals surface area (Å²) in [6.45, 7) is 3.78. The van der Waals surface area contributed by atoms with E-state index in [1.165, 1.54) is 31.0 Å². The van der Waals surface area contributed by atoms with Crippen molar-refractivity contribution in [2.75, 3.05) is 43.4 Å². The van der Waals surface area contributed by atoms with E-state index in [2.05, 4.69) is 14.8 Å². The number of anilines is 1. The first-order valence-electron chi connectivity index (χ1n) is 9.91. The zero-order valence-corrected chi connectivity index (χ0v) is 16.8. The molecule has 0 bridgehead atoms. The predicted molar refractivity (Wildman–Crippen MR) is 112 cm³/mol. The molecule has 2 aliphatic rings.